The van der Waals surface area contributed by atoms with Gasteiger partial charge in [0, 0.05) is 37.1 Å². The second-order valence-corrected chi connectivity index (χ2v) is 8.65. The molecule has 2 amide bonds. The SMILES string of the molecule is Cc1ccc(C(=O)NCC(=O)N(Cc2ccccc2)C(C)CN2CCOCC2)s1. The van der Waals surface area contributed by atoms with E-state index in [0.29, 0.717) is 11.4 Å². The summed E-state index contributed by atoms with van der Waals surface area (Å²) in [6.07, 6.45) is 0. The zero-order valence-electron chi connectivity index (χ0n) is 17.1. The number of amides is 2. The maximum Gasteiger partial charge on any atom is 0.261 e. The van der Waals surface area contributed by atoms with Crippen LogP contribution in [0.1, 0.15) is 27.0 Å². The minimum Gasteiger partial charge on any atom is -0.379 e. The Morgan fingerprint density at radius 2 is 1.90 bits per heavy atom. The van der Waals surface area contributed by atoms with Gasteiger partial charge in [-0.25, -0.2) is 0 Å². The molecule has 0 bridgehead atoms. The van der Waals surface area contributed by atoms with Crippen molar-refractivity contribution >= 4 is 23.2 Å². The molecule has 7 heteroatoms. The van der Waals surface area contributed by atoms with E-state index in [0.717, 1.165) is 43.3 Å². The largest absolute Gasteiger partial charge is 0.379 e. The summed E-state index contributed by atoms with van der Waals surface area (Å²) in [5, 5.41) is 2.78. The highest BCUT2D eigenvalue weighted by molar-refractivity contribution is 7.13. The van der Waals surface area contributed by atoms with Crippen LogP contribution in [-0.2, 0) is 16.1 Å². The molecule has 0 saturated carbocycles. The van der Waals surface area contributed by atoms with Crippen molar-refractivity contribution < 1.29 is 14.3 Å². The molecule has 1 aliphatic rings. The Morgan fingerprint density at radius 3 is 2.55 bits per heavy atom. The Morgan fingerprint density at radius 1 is 1.17 bits per heavy atom. The average Bonchev–Trinajstić information content (AvgIpc) is 3.18. The van der Waals surface area contributed by atoms with Crippen molar-refractivity contribution in [2.24, 2.45) is 0 Å². The van der Waals surface area contributed by atoms with Crippen molar-refractivity contribution in [3.63, 3.8) is 0 Å². The van der Waals surface area contributed by atoms with Crippen LogP contribution < -0.4 is 5.32 Å². The lowest BCUT2D eigenvalue weighted by Gasteiger charge is -2.35. The Balaban J connectivity index is 1.63. The van der Waals surface area contributed by atoms with Crippen LogP contribution in [0.2, 0.25) is 0 Å². The molecule has 1 aromatic heterocycles. The molecule has 1 fully saturated rings. The molecule has 6 nitrogen and oxygen atoms in total. The molecule has 29 heavy (non-hydrogen) atoms. The Hall–Kier alpha value is -2.22. The summed E-state index contributed by atoms with van der Waals surface area (Å²) >= 11 is 1.43. The molecule has 0 radical (unpaired) electrons. The summed E-state index contributed by atoms with van der Waals surface area (Å²) in [5.41, 5.74) is 1.08. The number of morpholine rings is 1. The van der Waals surface area contributed by atoms with Gasteiger partial charge in [0.25, 0.3) is 5.91 Å². The Bertz CT molecular complexity index is 803. The number of thiophene rings is 1. The molecular formula is C22H29N3O3S. The van der Waals surface area contributed by atoms with Crippen LogP contribution in [0.4, 0.5) is 0 Å². The van der Waals surface area contributed by atoms with Crippen LogP contribution in [0.25, 0.3) is 0 Å². The van der Waals surface area contributed by atoms with Crippen molar-refractivity contribution in [2.45, 2.75) is 26.4 Å². The van der Waals surface area contributed by atoms with Gasteiger partial charge in [-0.05, 0) is 31.5 Å². The predicted octanol–water partition coefficient (Wildman–Crippen LogP) is 2.54. The molecule has 0 aliphatic carbocycles. The smallest absolute Gasteiger partial charge is 0.261 e. The van der Waals surface area contributed by atoms with E-state index in [9.17, 15) is 9.59 Å². The van der Waals surface area contributed by atoms with Crippen LogP contribution in [0, 0.1) is 6.92 Å². The lowest BCUT2D eigenvalue weighted by Crippen LogP contribution is -2.50. The van der Waals surface area contributed by atoms with Crippen LogP contribution in [0.3, 0.4) is 0 Å². The van der Waals surface area contributed by atoms with Gasteiger partial charge in [0.05, 0.1) is 24.6 Å². The van der Waals surface area contributed by atoms with Crippen LogP contribution >= 0.6 is 11.3 Å². The van der Waals surface area contributed by atoms with Gasteiger partial charge in [-0.1, -0.05) is 30.3 Å². The lowest BCUT2D eigenvalue weighted by atomic mass is 10.1. The van der Waals surface area contributed by atoms with Crippen LogP contribution in [0.5, 0.6) is 0 Å². The van der Waals surface area contributed by atoms with E-state index in [1.54, 1.807) is 6.07 Å². The quantitative estimate of drug-likeness (QED) is 0.720. The van der Waals surface area contributed by atoms with Crippen molar-refractivity contribution in [3.05, 3.63) is 57.8 Å². The number of aryl methyl sites for hydroxylation is 1. The second kappa shape index (κ2) is 10.5. The number of rotatable bonds is 8. The normalized spacial score (nSPS) is 15.7. The first-order chi connectivity index (χ1) is 14.0. The molecule has 1 N–H and O–H groups in total. The highest BCUT2D eigenvalue weighted by Gasteiger charge is 2.24. The summed E-state index contributed by atoms with van der Waals surface area (Å²) in [7, 11) is 0. The maximum absolute atomic E-state index is 13.0. The first-order valence-corrected chi connectivity index (χ1v) is 10.8. The summed E-state index contributed by atoms with van der Waals surface area (Å²) in [5.74, 6) is -0.270. The van der Waals surface area contributed by atoms with Gasteiger partial charge in [0.2, 0.25) is 5.91 Å². The van der Waals surface area contributed by atoms with Gasteiger partial charge < -0.3 is 15.0 Å². The van der Waals surface area contributed by atoms with Gasteiger partial charge in [0.15, 0.2) is 0 Å². The number of hydrogen-bond acceptors (Lipinski definition) is 5. The van der Waals surface area contributed by atoms with Crippen molar-refractivity contribution in [1.82, 2.24) is 15.1 Å². The first kappa shape index (κ1) is 21.5. The van der Waals surface area contributed by atoms with E-state index in [2.05, 4.69) is 17.1 Å². The third-order valence-corrected chi connectivity index (χ3v) is 6.04. The molecule has 2 aromatic rings. The van der Waals surface area contributed by atoms with E-state index in [1.807, 2.05) is 48.2 Å². The standard InChI is InChI=1S/C22H29N3O3S/c1-17(15-24-10-12-28-13-11-24)25(16-19-6-4-3-5-7-19)21(26)14-23-22(27)20-9-8-18(2)29-20/h3-9,17H,10-16H2,1-2H3,(H,23,27). The molecule has 1 saturated heterocycles. The number of carbonyl (C=O) groups excluding carboxylic acids is 2. The number of nitrogens with one attached hydrogen (secondary N) is 1. The fraction of sp³-hybridized carbons (Fsp3) is 0.455. The van der Waals surface area contributed by atoms with Gasteiger partial charge in [0.1, 0.15) is 0 Å². The van der Waals surface area contributed by atoms with Gasteiger partial charge in [-0.2, -0.15) is 0 Å². The molecule has 0 spiro atoms. The van der Waals surface area contributed by atoms with E-state index in [1.165, 1.54) is 11.3 Å². The van der Waals surface area contributed by atoms with Crippen LogP contribution in [0.15, 0.2) is 42.5 Å². The van der Waals surface area contributed by atoms with Crippen molar-refractivity contribution in [1.29, 1.82) is 0 Å². The predicted molar refractivity (Wildman–Crippen MR) is 115 cm³/mol. The fourth-order valence-corrected chi connectivity index (χ4v) is 4.21. The monoisotopic (exact) mass is 415 g/mol. The third-order valence-electron chi connectivity index (χ3n) is 5.04. The number of ether oxygens (including phenoxy) is 1. The highest BCUT2D eigenvalue weighted by atomic mass is 32.1. The van der Waals surface area contributed by atoms with E-state index >= 15 is 0 Å². The summed E-state index contributed by atoms with van der Waals surface area (Å²) < 4.78 is 5.42. The fourth-order valence-electron chi connectivity index (χ4n) is 3.43. The molecule has 1 aliphatic heterocycles. The Kier molecular flexibility index (Phi) is 7.80. The zero-order chi connectivity index (χ0) is 20.6. The van der Waals surface area contributed by atoms with Gasteiger partial charge in [-0.3, -0.25) is 14.5 Å². The van der Waals surface area contributed by atoms with Crippen molar-refractivity contribution in [2.75, 3.05) is 39.4 Å². The lowest BCUT2D eigenvalue weighted by molar-refractivity contribution is -0.133. The van der Waals surface area contributed by atoms with Crippen LogP contribution in [-0.4, -0.2) is 67.0 Å². The third kappa shape index (κ3) is 6.39. The van der Waals surface area contributed by atoms with E-state index < -0.39 is 0 Å². The van der Waals surface area contributed by atoms with E-state index in [4.69, 9.17) is 4.74 Å². The average molecular weight is 416 g/mol. The first-order valence-electron chi connectivity index (χ1n) is 10.0. The molecule has 1 unspecified atom stereocenters. The topological polar surface area (TPSA) is 61.9 Å². The maximum atomic E-state index is 13.0. The molecule has 1 aromatic carbocycles. The number of hydrogen-bond donors (Lipinski definition) is 1. The number of benzene rings is 1. The molecule has 156 valence electrons. The second-order valence-electron chi connectivity index (χ2n) is 7.36. The van der Waals surface area contributed by atoms with E-state index in [-0.39, 0.29) is 24.4 Å². The van der Waals surface area contributed by atoms with Gasteiger partial charge in [-0.15, -0.1) is 11.3 Å². The molecule has 3 rings (SSSR count). The minimum atomic E-state index is -0.197. The summed E-state index contributed by atoms with van der Waals surface area (Å²) in [4.78, 5) is 31.3. The van der Waals surface area contributed by atoms with Gasteiger partial charge >= 0.3 is 0 Å². The van der Waals surface area contributed by atoms with Crippen molar-refractivity contribution in [3.8, 4) is 0 Å². The molecule has 2 heterocycles. The molecular weight excluding hydrogens is 386 g/mol. The number of carbonyl (C=O) groups is 2. The highest BCUT2D eigenvalue weighted by Crippen LogP contribution is 2.15. The zero-order valence-corrected chi connectivity index (χ0v) is 17.9. The number of nitrogens with zero attached hydrogens (tertiary/aromatic N) is 2. The summed E-state index contributed by atoms with van der Waals surface area (Å²) in [6.45, 7) is 8.57. The minimum absolute atomic E-state index is 0.00390. The summed E-state index contributed by atoms with van der Waals surface area (Å²) in [6, 6.07) is 13.7. The Labute approximate surface area is 176 Å². The molecule has 1 atom stereocenters.